The Morgan fingerprint density at radius 1 is 1.45 bits per heavy atom. The second kappa shape index (κ2) is 6.54. The van der Waals surface area contributed by atoms with E-state index in [1.807, 2.05) is 37.7 Å². The number of nitrogens with zero attached hydrogens (tertiary/aromatic N) is 2. The molecule has 0 aromatic carbocycles. The molecule has 0 bridgehead atoms. The van der Waals surface area contributed by atoms with Gasteiger partial charge in [-0.3, -0.25) is 9.48 Å². The second-order valence-electron chi connectivity index (χ2n) is 4.78. The first-order chi connectivity index (χ1) is 9.47. The van der Waals surface area contributed by atoms with Crippen LogP contribution < -0.4 is 5.32 Å². The van der Waals surface area contributed by atoms with E-state index in [1.54, 1.807) is 11.3 Å². The van der Waals surface area contributed by atoms with Crippen LogP contribution in [0.2, 0.25) is 0 Å². The van der Waals surface area contributed by atoms with Crippen LogP contribution in [0.1, 0.15) is 32.2 Å². The summed E-state index contributed by atoms with van der Waals surface area (Å²) in [5.74, 6) is 0.0176. The Labute approximate surface area is 131 Å². The maximum absolute atomic E-state index is 11.9. The largest absolute Gasteiger partial charge is 0.351 e. The number of carbonyl (C=O) groups is 1. The van der Waals surface area contributed by atoms with Crippen LogP contribution in [0, 0.1) is 20.8 Å². The number of aryl methyl sites for hydroxylation is 4. The van der Waals surface area contributed by atoms with Gasteiger partial charge >= 0.3 is 0 Å². The number of carbonyl (C=O) groups excluding carboxylic acids is 1. The van der Waals surface area contributed by atoms with E-state index in [0.717, 1.165) is 28.0 Å². The highest BCUT2D eigenvalue weighted by Crippen LogP contribution is 2.20. The molecule has 108 valence electrons. The molecule has 2 aromatic heterocycles. The summed E-state index contributed by atoms with van der Waals surface area (Å²) >= 11 is 4.98. The van der Waals surface area contributed by atoms with Gasteiger partial charge in [0.05, 0.1) is 15.0 Å². The molecule has 2 aromatic rings. The highest BCUT2D eigenvalue weighted by Gasteiger charge is 2.09. The lowest BCUT2D eigenvalue weighted by Crippen LogP contribution is -2.24. The molecule has 0 spiro atoms. The molecule has 2 rings (SSSR count). The van der Waals surface area contributed by atoms with E-state index in [1.165, 1.54) is 10.4 Å². The zero-order valence-corrected chi connectivity index (χ0v) is 14.3. The number of hydrogen-bond acceptors (Lipinski definition) is 3. The summed E-state index contributed by atoms with van der Waals surface area (Å²) in [6, 6.07) is 1.95. The van der Waals surface area contributed by atoms with Crippen LogP contribution in [-0.4, -0.2) is 22.2 Å². The molecule has 0 atom stereocenters. The molecular formula is C14H18BrN3OS. The first-order valence-corrected chi connectivity index (χ1v) is 8.13. The average molecular weight is 356 g/mol. The van der Waals surface area contributed by atoms with Crippen LogP contribution in [0.3, 0.4) is 0 Å². The molecule has 1 amide bonds. The molecule has 0 aliphatic carbocycles. The second-order valence-corrected chi connectivity index (χ2v) is 6.90. The predicted molar refractivity (Wildman–Crippen MR) is 85.4 cm³/mol. The zero-order valence-electron chi connectivity index (χ0n) is 11.9. The van der Waals surface area contributed by atoms with Gasteiger partial charge in [0, 0.05) is 24.2 Å². The van der Waals surface area contributed by atoms with Gasteiger partial charge in [-0.1, -0.05) is 0 Å². The average Bonchev–Trinajstić information content (AvgIpc) is 2.89. The molecule has 2 heterocycles. The van der Waals surface area contributed by atoms with Gasteiger partial charge in [0.15, 0.2) is 0 Å². The number of amides is 1. The Bertz CT molecular complexity index is 579. The van der Waals surface area contributed by atoms with Crippen molar-refractivity contribution >= 4 is 33.2 Å². The number of hydrogen-bond donors (Lipinski definition) is 1. The van der Waals surface area contributed by atoms with Crippen molar-refractivity contribution in [2.45, 2.75) is 33.7 Å². The summed E-state index contributed by atoms with van der Waals surface area (Å²) in [6.07, 6.45) is 2.83. The monoisotopic (exact) mass is 355 g/mol. The number of aromatic nitrogens is 2. The van der Waals surface area contributed by atoms with Crippen molar-refractivity contribution in [2.75, 3.05) is 6.54 Å². The van der Waals surface area contributed by atoms with Gasteiger partial charge in [0.2, 0.25) is 0 Å². The molecule has 0 unspecified atom stereocenters. The summed E-state index contributed by atoms with van der Waals surface area (Å²) in [5, 5.41) is 7.31. The van der Waals surface area contributed by atoms with E-state index in [0.29, 0.717) is 6.54 Å². The first kappa shape index (κ1) is 15.3. The maximum atomic E-state index is 11.9. The topological polar surface area (TPSA) is 46.9 Å². The highest BCUT2D eigenvalue weighted by atomic mass is 79.9. The van der Waals surface area contributed by atoms with Crippen molar-refractivity contribution in [2.24, 2.45) is 0 Å². The van der Waals surface area contributed by atoms with E-state index >= 15 is 0 Å². The Morgan fingerprint density at radius 3 is 2.75 bits per heavy atom. The van der Waals surface area contributed by atoms with E-state index < -0.39 is 0 Å². The van der Waals surface area contributed by atoms with Crippen molar-refractivity contribution in [1.82, 2.24) is 15.1 Å². The van der Waals surface area contributed by atoms with Crippen LogP contribution in [0.15, 0.2) is 16.7 Å². The Morgan fingerprint density at radius 2 is 2.20 bits per heavy atom. The number of thiophene rings is 1. The lowest BCUT2D eigenvalue weighted by molar-refractivity contribution is 0.0956. The van der Waals surface area contributed by atoms with E-state index in [4.69, 9.17) is 0 Å². The van der Waals surface area contributed by atoms with Crippen LogP contribution in [0.5, 0.6) is 0 Å². The normalized spacial score (nSPS) is 10.8. The molecule has 0 aliphatic rings. The van der Waals surface area contributed by atoms with Gasteiger partial charge < -0.3 is 5.32 Å². The molecule has 0 saturated carbocycles. The fourth-order valence-electron chi connectivity index (χ4n) is 1.82. The predicted octanol–water partition coefficient (Wildman–Crippen LogP) is 3.45. The Kier molecular flexibility index (Phi) is 4.99. The molecule has 0 fully saturated rings. The third-order valence-corrected chi connectivity index (χ3v) is 5.06. The summed E-state index contributed by atoms with van der Waals surface area (Å²) < 4.78 is 2.91. The van der Waals surface area contributed by atoms with Gasteiger partial charge in [-0.05, 0) is 54.8 Å². The zero-order chi connectivity index (χ0) is 14.7. The van der Waals surface area contributed by atoms with Crippen LogP contribution in [-0.2, 0) is 6.54 Å². The molecule has 0 aliphatic heterocycles. The number of halogens is 1. The molecule has 20 heavy (non-hydrogen) atoms. The van der Waals surface area contributed by atoms with Gasteiger partial charge in [-0.2, -0.15) is 5.10 Å². The van der Waals surface area contributed by atoms with Crippen molar-refractivity contribution in [1.29, 1.82) is 0 Å². The standard InChI is InChI=1S/C14H18BrN3OS/c1-9-7-13(20-11(9)3)14(19)16-5-4-6-18-8-12(15)10(2)17-18/h7-8H,4-6H2,1-3H3,(H,16,19). The van der Waals surface area contributed by atoms with Gasteiger partial charge in [0.1, 0.15) is 0 Å². The van der Waals surface area contributed by atoms with Crippen molar-refractivity contribution in [3.05, 3.63) is 37.7 Å². The third kappa shape index (κ3) is 3.70. The SMILES string of the molecule is Cc1cc(C(=O)NCCCn2cc(Br)c(C)n2)sc1C. The van der Waals surface area contributed by atoms with Crippen LogP contribution in [0.4, 0.5) is 0 Å². The van der Waals surface area contributed by atoms with Gasteiger partial charge in [-0.25, -0.2) is 0 Å². The van der Waals surface area contributed by atoms with E-state index in [-0.39, 0.29) is 5.91 Å². The quantitative estimate of drug-likeness (QED) is 0.834. The molecule has 0 saturated heterocycles. The minimum Gasteiger partial charge on any atom is -0.351 e. The smallest absolute Gasteiger partial charge is 0.261 e. The molecular weight excluding hydrogens is 338 g/mol. The molecule has 4 nitrogen and oxygen atoms in total. The van der Waals surface area contributed by atoms with Crippen molar-refractivity contribution in [3.63, 3.8) is 0 Å². The van der Waals surface area contributed by atoms with Gasteiger partial charge in [-0.15, -0.1) is 11.3 Å². The summed E-state index contributed by atoms with van der Waals surface area (Å²) in [7, 11) is 0. The maximum Gasteiger partial charge on any atom is 0.261 e. The van der Waals surface area contributed by atoms with Gasteiger partial charge in [0.25, 0.3) is 5.91 Å². The third-order valence-electron chi connectivity index (χ3n) is 3.13. The Hall–Kier alpha value is -1.14. The number of nitrogens with one attached hydrogen (secondary N) is 1. The molecule has 6 heteroatoms. The van der Waals surface area contributed by atoms with Crippen LogP contribution in [0.25, 0.3) is 0 Å². The fraction of sp³-hybridized carbons (Fsp3) is 0.429. The number of rotatable bonds is 5. The first-order valence-electron chi connectivity index (χ1n) is 6.52. The van der Waals surface area contributed by atoms with E-state index in [9.17, 15) is 4.79 Å². The minimum absolute atomic E-state index is 0.0176. The molecule has 0 radical (unpaired) electrons. The van der Waals surface area contributed by atoms with Crippen molar-refractivity contribution in [3.8, 4) is 0 Å². The Balaban J connectivity index is 1.77. The summed E-state index contributed by atoms with van der Waals surface area (Å²) in [6.45, 7) is 7.49. The lowest BCUT2D eigenvalue weighted by atomic mass is 10.3. The van der Waals surface area contributed by atoms with Crippen LogP contribution >= 0.6 is 27.3 Å². The fourth-order valence-corrected chi connectivity index (χ4v) is 3.09. The lowest BCUT2D eigenvalue weighted by Gasteiger charge is -2.04. The summed E-state index contributed by atoms with van der Waals surface area (Å²) in [5.41, 5.74) is 2.16. The summed E-state index contributed by atoms with van der Waals surface area (Å²) in [4.78, 5) is 13.9. The van der Waals surface area contributed by atoms with Crippen molar-refractivity contribution < 1.29 is 4.79 Å². The highest BCUT2D eigenvalue weighted by molar-refractivity contribution is 9.10. The van der Waals surface area contributed by atoms with E-state index in [2.05, 4.69) is 26.3 Å². The molecule has 1 N–H and O–H groups in total. The minimum atomic E-state index is 0.0176.